The molecule has 182 valence electrons. The predicted molar refractivity (Wildman–Crippen MR) is 119 cm³/mol. The lowest BCUT2D eigenvalue weighted by atomic mass is 9.44. The van der Waals surface area contributed by atoms with Crippen molar-refractivity contribution in [2.75, 3.05) is 19.1 Å². The number of aliphatic hydroxyl groups is 2. The van der Waals surface area contributed by atoms with E-state index in [1.54, 1.807) is 19.9 Å². The monoisotopic (exact) mass is 482 g/mol. The number of hydrogen-bond acceptors (Lipinski definition) is 6. The van der Waals surface area contributed by atoms with E-state index in [0.29, 0.717) is 25.0 Å². The van der Waals surface area contributed by atoms with E-state index >= 15 is 4.39 Å². The van der Waals surface area contributed by atoms with E-state index in [4.69, 9.17) is 21.1 Å². The van der Waals surface area contributed by atoms with Gasteiger partial charge < -0.3 is 19.7 Å². The molecular formula is C25H32ClFO6. The van der Waals surface area contributed by atoms with Gasteiger partial charge in [0.15, 0.2) is 22.8 Å². The molecule has 1 unspecified atom stereocenters. The second-order valence-corrected chi connectivity index (χ2v) is 11.6. The number of halogens is 2. The fourth-order valence-corrected chi connectivity index (χ4v) is 7.68. The number of carbonyl (C=O) groups is 2. The Morgan fingerprint density at radius 2 is 2.03 bits per heavy atom. The Balaban J connectivity index is 1.56. The van der Waals surface area contributed by atoms with Gasteiger partial charge in [-0.05, 0) is 57.6 Å². The number of alkyl halides is 2. The fourth-order valence-electron chi connectivity index (χ4n) is 7.47. The molecule has 0 aromatic rings. The maximum absolute atomic E-state index is 17.2. The summed E-state index contributed by atoms with van der Waals surface area (Å²) in [7, 11) is 0. The Kier molecular flexibility index (Phi) is 5.15. The van der Waals surface area contributed by atoms with Gasteiger partial charge >= 0.3 is 0 Å². The molecule has 5 rings (SSSR count). The summed E-state index contributed by atoms with van der Waals surface area (Å²) in [4.78, 5) is 25.1. The van der Waals surface area contributed by atoms with Crippen molar-refractivity contribution in [2.24, 2.45) is 22.7 Å². The molecule has 0 bridgehead atoms. The first kappa shape index (κ1) is 23.6. The molecule has 9 atom stereocenters. The van der Waals surface area contributed by atoms with E-state index in [2.05, 4.69) is 0 Å². The molecule has 0 radical (unpaired) electrons. The zero-order valence-electron chi connectivity index (χ0n) is 19.3. The topological polar surface area (TPSA) is 96.4 Å². The molecule has 0 aromatic carbocycles. The minimum atomic E-state index is -2.04. The van der Waals surface area contributed by atoms with Crippen molar-refractivity contribution in [3.63, 3.8) is 0 Å². The van der Waals surface area contributed by atoms with Crippen LogP contribution in [-0.2, 0) is 19.1 Å². The van der Waals surface area contributed by atoms with Crippen LogP contribution in [0.1, 0.15) is 46.5 Å². The van der Waals surface area contributed by atoms with Crippen LogP contribution >= 0.6 is 11.6 Å². The molecule has 0 aromatic heterocycles. The number of fused-ring (bicyclic) bond motifs is 5. The Bertz CT molecular complexity index is 961. The van der Waals surface area contributed by atoms with Crippen molar-refractivity contribution in [2.45, 2.75) is 75.5 Å². The van der Waals surface area contributed by atoms with Crippen LogP contribution in [-0.4, -0.2) is 70.0 Å². The lowest BCUT2D eigenvalue weighted by molar-refractivity contribution is -0.223. The minimum Gasteiger partial charge on any atom is -0.390 e. The van der Waals surface area contributed by atoms with E-state index in [-0.39, 0.29) is 25.2 Å². The lowest BCUT2D eigenvalue weighted by Gasteiger charge is -2.62. The number of allylic oxidation sites excluding steroid dienone is 4. The summed E-state index contributed by atoms with van der Waals surface area (Å²) in [6, 6.07) is 0. The third-order valence-electron chi connectivity index (χ3n) is 9.61. The molecule has 33 heavy (non-hydrogen) atoms. The van der Waals surface area contributed by atoms with E-state index in [1.807, 2.05) is 6.92 Å². The van der Waals surface area contributed by atoms with Crippen LogP contribution < -0.4 is 0 Å². The first-order chi connectivity index (χ1) is 15.4. The van der Waals surface area contributed by atoms with E-state index in [0.717, 1.165) is 0 Å². The number of epoxide rings is 1. The quantitative estimate of drug-likeness (QED) is 0.462. The van der Waals surface area contributed by atoms with E-state index in [9.17, 15) is 19.8 Å². The summed E-state index contributed by atoms with van der Waals surface area (Å²) in [5.41, 5.74) is -5.98. The van der Waals surface area contributed by atoms with Crippen molar-refractivity contribution >= 4 is 23.2 Å². The molecule has 1 saturated heterocycles. The van der Waals surface area contributed by atoms with Gasteiger partial charge in [-0.2, -0.15) is 0 Å². The molecule has 3 saturated carbocycles. The lowest BCUT2D eigenvalue weighted by Crippen LogP contribution is -2.69. The van der Waals surface area contributed by atoms with Crippen molar-refractivity contribution in [1.82, 2.24) is 0 Å². The summed E-state index contributed by atoms with van der Waals surface area (Å²) >= 11 is 5.94. The zero-order chi connectivity index (χ0) is 24.0. The third kappa shape index (κ3) is 2.92. The average Bonchev–Trinajstić information content (AvgIpc) is 3.46. The highest BCUT2D eigenvalue weighted by Gasteiger charge is 2.76. The molecule has 0 spiro atoms. The molecule has 6 nitrogen and oxygen atoms in total. The number of hydrogen-bond donors (Lipinski definition) is 2. The largest absolute Gasteiger partial charge is 0.390 e. The highest BCUT2D eigenvalue weighted by molar-refractivity contribution is 6.29. The SMILES string of the molecule is CC1(CO[C@@H]2C[C@H]3[C@@H]4CCC5=CC(=O)C=C[C@]5(C)[C@@]4(F)[C@@H](O)C[C@]3(C)[C@@]2(O)C(=O)CCl)CO1. The molecule has 4 aliphatic carbocycles. The number of aliphatic hydroxyl groups excluding tert-OH is 1. The summed E-state index contributed by atoms with van der Waals surface area (Å²) in [6.07, 6.45) is 3.24. The van der Waals surface area contributed by atoms with Gasteiger partial charge in [-0.3, -0.25) is 9.59 Å². The van der Waals surface area contributed by atoms with Crippen LogP contribution in [0.2, 0.25) is 0 Å². The number of Topliss-reactive ketones (excluding diaryl/α,β-unsaturated/α-hetero) is 1. The Hall–Kier alpha value is -1.12. The smallest absolute Gasteiger partial charge is 0.182 e. The van der Waals surface area contributed by atoms with Gasteiger partial charge in [-0.1, -0.05) is 18.6 Å². The molecule has 2 N–H and O–H groups in total. The van der Waals surface area contributed by atoms with Crippen LogP contribution in [0, 0.1) is 22.7 Å². The van der Waals surface area contributed by atoms with Crippen LogP contribution in [0.3, 0.4) is 0 Å². The fraction of sp³-hybridized carbons (Fsp3) is 0.760. The number of carbonyl (C=O) groups excluding carboxylic acids is 2. The average molecular weight is 483 g/mol. The standard InChI is InChI=1S/C25H32ClFO6/c1-21(13-33-21)12-32-20-9-17-16-5-4-14-8-15(28)6-7-22(14,2)24(16,27)18(29)10-23(17,3)25(20,31)19(30)11-26/h6-8,16-18,20,29,31H,4-5,9-13H2,1-3H3/t16-,17-,18-,20+,21?,22-,23-,24-,25+/m0/s1. The van der Waals surface area contributed by atoms with Crippen LogP contribution in [0.25, 0.3) is 0 Å². The Morgan fingerprint density at radius 3 is 2.67 bits per heavy atom. The van der Waals surface area contributed by atoms with Gasteiger partial charge in [-0.15, -0.1) is 11.6 Å². The first-order valence-electron chi connectivity index (χ1n) is 11.7. The molecular weight excluding hydrogens is 451 g/mol. The van der Waals surface area contributed by atoms with Crippen molar-refractivity contribution in [3.05, 3.63) is 23.8 Å². The van der Waals surface area contributed by atoms with Gasteiger partial charge in [0, 0.05) is 16.7 Å². The summed E-state index contributed by atoms with van der Waals surface area (Å²) < 4.78 is 28.7. The normalized spacial score (nSPS) is 52.6. The minimum absolute atomic E-state index is 0.109. The zero-order valence-corrected chi connectivity index (χ0v) is 20.0. The summed E-state index contributed by atoms with van der Waals surface area (Å²) in [6.45, 7) is 6.14. The molecule has 8 heteroatoms. The highest BCUT2D eigenvalue weighted by atomic mass is 35.5. The predicted octanol–water partition coefficient (Wildman–Crippen LogP) is 2.68. The van der Waals surface area contributed by atoms with Crippen LogP contribution in [0.5, 0.6) is 0 Å². The first-order valence-corrected chi connectivity index (χ1v) is 12.3. The maximum atomic E-state index is 17.2. The number of ether oxygens (including phenoxy) is 2. The summed E-state index contributed by atoms with van der Waals surface area (Å²) in [5, 5.41) is 23.3. The van der Waals surface area contributed by atoms with Crippen molar-refractivity contribution in [1.29, 1.82) is 0 Å². The second-order valence-electron chi connectivity index (χ2n) is 11.4. The third-order valence-corrected chi connectivity index (χ3v) is 9.85. The summed E-state index contributed by atoms with van der Waals surface area (Å²) in [5.74, 6) is -2.17. The van der Waals surface area contributed by atoms with Crippen LogP contribution in [0.4, 0.5) is 4.39 Å². The van der Waals surface area contributed by atoms with Gasteiger partial charge in [0.1, 0.15) is 5.60 Å². The molecule has 5 aliphatic rings. The van der Waals surface area contributed by atoms with Gasteiger partial charge in [-0.25, -0.2) is 4.39 Å². The highest BCUT2D eigenvalue weighted by Crippen LogP contribution is 2.70. The van der Waals surface area contributed by atoms with Gasteiger partial charge in [0.05, 0.1) is 31.3 Å². The molecule has 1 heterocycles. The Morgan fingerprint density at radius 1 is 1.33 bits per heavy atom. The van der Waals surface area contributed by atoms with E-state index in [1.165, 1.54) is 12.2 Å². The number of ketones is 2. The molecule has 1 aliphatic heterocycles. The van der Waals surface area contributed by atoms with Gasteiger partial charge in [0.2, 0.25) is 0 Å². The van der Waals surface area contributed by atoms with Crippen LogP contribution in [0.15, 0.2) is 23.8 Å². The second kappa shape index (κ2) is 7.20. The molecule has 0 amide bonds. The number of rotatable bonds is 5. The van der Waals surface area contributed by atoms with Gasteiger partial charge in [0.25, 0.3) is 0 Å². The Labute approximate surface area is 198 Å². The van der Waals surface area contributed by atoms with Crippen molar-refractivity contribution < 1.29 is 33.7 Å². The molecule has 4 fully saturated rings. The van der Waals surface area contributed by atoms with Crippen molar-refractivity contribution in [3.8, 4) is 0 Å². The maximum Gasteiger partial charge on any atom is 0.182 e. The van der Waals surface area contributed by atoms with E-state index < -0.39 is 63.4 Å².